The van der Waals surface area contributed by atoms with Gasteiger partial charge in [0.2, 0.25) is 0 Å². The van der Waals surface area contributed by atoms with Gasteiger partial charge in [-0.1, -0.05) is 5.16 Å². The van der Waals surface area contributed by atoms with Crippen LogP contribution in [0, 0.1) is 0 Å². The second-order valence-electron chi connectivity index (χ2n) is 6.35. The zero-order valence-corrected chi connectivity index (χ0v) is 18.1. The van der Waals surface area contributed by atoms with Crippen LogP contribution in [-0.2, 0) is 0 Å². The molecule has 3 aromatic rings. The molecular formula is C22H23N3O7. The van der Waals surface area contributed by atoms with Crippen molar-refractivity contribution in [3.63, 3.8) is 0 Å². The number of carbonyl (C=O) groups is 2. The Morgan fingerprint density at radius 1 is 0.875 bits per heavy atom. The zero-order valence-electron chi connectivity index (χ0n) is 18.1. The number of methoxy groups -OCH3 is 3. The van der Waals surface area contributed by atoms with Crippen molar-refractivity contribution in [3.8, 4) is 34.3 Å². The van der Waals surface area contributed by atoms with E-state index < -0.39 is 11.8 Å². The van der Waals surface area contributed by atoms with E-state index in [9.17, 15) is 9.59 Å². The van der Waals surface area contributed by atoms with Crippen LogP contribution in [0.3, 0.4) is 0 Å². The van der Waals surface area contributed by atoms with E-state index in [0.29, 0.717) is 40.9 Å². The summed E-state index contributed by atoms with van der Waals surface area (Å²) in [6, 6.07) is 11.2. The quantitative estimate of drug-likeness (QED) is 0.512. The number of nitrogens with zero attached hydrogens (tertiary/aromatic N) is 1. The molecule has 10 nitrogen and oxygen atoms in total. The average Bonchev–Trinajstić information content (AvgIpc) is 3.32. The molecule has 0 unspecified atom stereocenters. The molecule has 32 heavy (non-hydrogen) atoms. The Kier molecular flexibility index (Phi) is 7.17. The molecule has 3 rings (SSSR count). The highest BCUT2D eigenvalue weighted by molar-refractivity contribution is 5.99. The number of ether oxygens (including phenoxy) is 4. The Bertz CT molecular complexity index is 1110. The van der Waals surface area contributed by atoms with E-state index in [1.807, 2.05) is 6.92 Å². The molecule has 168 valence electrons. The van der Waals surface area contributed by atoms with Gasteiger partial charge in [0, 0.05) is 11.6 Å². The molecule has 0 spiro atoms. The minimum absolute atomic E-state index is 0.0329. The standard InChI is InChI=1S/C22H23N3O7/c1-5-31-18-8-6-13(10-20(18)30-4)21(26)23-24-22(27)16-12-19(32-25-16)15-11-14(28-2)7-9-17(15)29-3/h6-12H,5H2,1-4H3,(H,23,26)(H,24,27). The molecule has 0 fully saturated rings. The number of rotatable bonds is 8. The van der Waals surface area contributed by atoms with Gasteiger partial charge in [0.05, 0.1) is 33.5 Å². The molecule has 0 atom stereocenters. The number of nitrogens with one attached hydrogen (secondary N) is 2. The lowest BCUT2D eigenvalue weighted by Gasteiger charge is -2.11. The molecule has 0 aliphatic carbocycles. The van der Waals surface area contributed by atoms with E-state index in [2.05, 4.69) is 16.0 Å². The van der Waals surface area contributed by atoms with Crippen molar-refractivity contribution in [2.45, 2.75) is 6.92 Å². The summed E-state index contributed by atoms with van der Waals surface area (Å²) in [6.45, 7) is 2.30. The summed E-state index contributed by atoms with van der Waals surface area (Å²) in [6.07, 6.45) is 0. The summed E-state index contributed by atoms with van der Waals surface area (Å²) >= 11 is 0. The largest absolute Gasteiger partial charge is 0.497 e. The van der Waals surface area contributed by atoms with Crippen molar-refractivity contribution in [2.75, 3.05) is 27.9 Å². The van der Waals surface area contributed by atoms with E-state index in [1.54, 1.807) is 30.3 Å². The first-order valence-corrected chi connectivity index (χ1v) is 9.61. The summed E-state index contributed by atoms with van der Waals surface area (Å²) in [5.74, 6) is 1.12. The maximum atomic E-state index is 12.4. The van der Waals surface area contributed by atoms with Crippen LogP contribution in [0.1, 0.15) is 27.8 Å². The number of benzene rings is 2. The van der Waals surface area contributed by atoms with Crippen molar-refractivity contribution in [1.82, 2.24) is 16.0 Å². The van der Waals surface area contributed by atoms with Crippen molar-refractivity contribution < 1.29 is 33.1 Å². The van der Waals surface area contributed by atoms with Gasteiger partial charge >= 0.3 is 0 Å². The Balaban J connectivity index is 1.69. The minimum Gasteiger partial charge on any atom is -0.497 e. The highest BCUT2D eigenvalue weighted by Gasteiger charge is 2.18. The predicted octanol–water partition coefficient (Wildman–Crippen LogP) is 2.84. The molecule has 0 radical (unpaired) electrons. The van der Waals surface area contributed by atoms with E-state index in [4.69, 9.17) is 23.5 Å². The Labute approximate surface area is 184 Å². The number of aromatic nitrogens is 1. The lowest BCUT2D eigenvalue weighted by Crippen LogP contribution is -2.41. The smallest absolute Gasteiger partial charge is 0.291 e. The van der Waals surface area contributed by atoms with Gasteiger partial charge in [-0.05, 0) is 43.3 Å². The van der Waals surface area contributed by atoms with Gasteiger partial charge in [-0.3, -0.25) is 20.4 Å². The first-order valence-electron chi connectivity index (χ1n) is 9.61. The third kappa shape index (κ3) is 4.91. The normalized spacial score (nSPS) is 10.2. The maximum Gasteiger partial charge on any atom is 0.291 e. The van der Waals surface area contributed by atoms with Gasteiger partial charge < -0.3 is 23.5 Å². The number of amides is 2. The van der Waals surface area contributed by atoms with Crippen LogP contribution in [0.2, 0.25) is 0 Å². The minimum atomic E-state index is -0.659. The fourth-order valence-electron chi connectivity index (χ4n) is 2.85. The SMILES string of the molecule is CCOc1ccc(C(=O)NNC(=O)c2cc(-c3cc(OC)ccc3OC)on2)cc1OC. The molecule has 2 N–H and O–H groups in total. The van der Waals surface area contributed by atoms with Crippen LogP contribution in [0.15, 0.2) is 47.0 Å². The van der Waals surface area contributed by atoms with Gasteiger partial charge in [0.1, 0.15) is 11.5 Å². The molecule has 2 amide bonds. The van der Waals surface area contributed by atoms with Gasteiger partial charge in [-0.2, -0.15) is 0 Å². The molecule has 0 aliphatic rings. The molecule has 1 heterocycles. The monoisotopic (exact) mass is 441 g/mol. The maximum absolute atomic E-state index is 12.4. The van der Waals surface area contributed by atoms with Crippen LogP contribution in [-0.4, -0.2) is 44.9 Å². The van der Waals surface area contributed by atoms with Crippen molar-refractivity contribution in [1.29, 1.82) is 0 Å². The van der Waals surface area contributed by atoms with Gasteiger partial charge in [0.25, 0.3) is 11.8 Å². The average molecular weight is 441 g/mol. The number of carbonyl (C=O) groups excluding carboxylic acids is 2. The van der Waals surface area contributed by atoms with Crippen LogP contribution in [0.25, 0.3) is 11.3 Å². The highest BCUT2D eigenvalue weighted by atomic mass is 16.5. The molecular weight excluding hydrogens is 418 g/mol. The summed E-state index contributed by atoms with van der Waals surface area (Å²) in [7, 11) is 4.52. The Morgan fingerprint density at radius 2 is 1.59 bits per heavy atom. The lowest BCUT2D eigenvalue weighted by atomic mass is 10.1. The second-order valence-corrected chi connectivity index (χ2v) is 6.35. The summed E-state index contributed by atoms with van der Waals surface area (Å²) in [4.78, 5) is 24.8. The van der Waals surface area contributed by atoms with E-state index in [0.717, 1.165) is 0 Å². The number of hydrogen-bond donors (Lipinski definition) is 2. The molecule has 2 aromatic carbocycles. The molecule has 0 saturated heterocycles. The summed E-state index contributed by atoms with van der Waals surface area (Å²) < 4.78 is 26.5. The van der Waals surface area contributed by atoms with Gasteiger partial charge in [0.15, 0.2) is 23.0 Å². The summed E-state index contributed by atoms with van der Waals surface area (Å²) in [5.41, 5.74) is 5.43. The zero-order chi connectivity index (χ0) is 23.1. The number of hydrazine groups is 1. The van der Waals surface area contributed by atoms with Crippen molar-refractivity contribution >= 4 is 11.8 Å². The number of hydrogen-bond acceptors (Lipinski definition) is 8. The van der Waals surface area contributed by atoms with Crippen LogP contribution in [0.5, 0.6) is 23.0 Å². The van der Waals surface area contributed by atoms with Crippen LogP contribution in [0.4, 0.5) is 0 Å². The molecule has 10 heteroatoms. The summed E-state index contributed by atoms with van der Waals surface area (Å²) in [5, 5.41) is 3.76. The van der Waals surface area contributed by atoms with Gasteiger partial charge in [-0.15, -0.1) is 0 Å². The molecule has 0 saturated carbocycles. The first kappa shape index (κ1) is 22.5. The fourth-order valence-corrected chi connectivity index (χ4v) is 2.85. The lowest BCUT2D eigenvalue weighted by molar-refractivity contribution is 0.0841. The van der Waals surface area contributed by atoms with E-state index in [1.165, 1.54) is 33.5 Å². The van der Waals surface area contributed by atoms with E-state index in [-0.39, 0.29) is 11.3 Å². The van der Waals surface area contributed by atoms with Crippen LogP contribution < -0.4 is 29.8 Å². The molecule has 0 bridgehead atoms. The predicted molar refractivity (Wildman–Crippen MR) is 114 cm³/mol. The van der Waals surface area contributed by atoms with Crippen LogP contribution >= 0.6 is 0 Å². The third-order valence-corrected chi connectivity index (χ3v) is 4.43. The van der Waals surface area contributed by atoms with Crippen molar-refractivity contribution in [2.24, 2.45) is 0 Å². The molecule has 0 aliphatic heterocycles. The van der Waals surface area contributed by atoms with E-state index >= 15 is 0 Å². The Morgan fingerprint density at radius 3 is 2.28 bits per heavy atom. The highest BCUT2D eigenvalue weighted by Crippen LogP contribution is 2.33. The first-order chi connectivity index (χ1) is 15.5. The molecule has 1 aromatic heterocycles. The van der Waals surface area contributed by atoms with Gasteiger partial charge in [-0.25, -0.2) is 0 Å². The Hall–Kier alpha value is -4.21. The second kappa shape index (κ2) is 10.2. The topological polar surface area (TPSA) is 121 Å². The van der Waals surface area contributed by atoms with Crippen molar-refractivity contribution in [3.05, 3.63) is 53.7 Å². The third-order valence-electron chi connectivity index (χ3n) is 4.43. The fraction of sp³-hybridized carbons (Fsp3) is 0.227.